The number of aromatic nitrogens is 1. The quantitative estimate of drug-likeness (QED) is 0.180. The van der Waals surface area contributed by atoms with Crippen LogP contribution in [0.4, 0.5) is 0 Å². The first-order valence-corrected chi connectivity index (χ1v) is 9.49. The van der Waals surface area contributed by atoms with Crippen molar-refractivity contribution in [3.05, 3.63) is 58.1 Å². The van der Waals surface area contributed by atoms with Crippen LogP contribution in [0.15, 0.2) is 41.6 Å². The zero-order chi connectivity index (χ0) is 20.7. The van der Waals surface area contributed by atoms with Crippen molar-refractivity contribution in [2.45, 2.75) is 25.6 Å². The fourth-order valence-electron chi connectivity index (χ4n) is 3.48. The zero-order valence-corrected chi connectivity index (χ0v) is 16.1. The Morgan fingerprint density at radius 1 is 1.45 bits per heavy atom. The van der Waals surface area contributed by atoms with E-state index in [0.717, 1.165) is 0 Å². The van der Waals surface area contributed by atoms with Crippen LogP contribution in [0.5, 0.6) is 5.88 Å². The van der Waals surface area contributed by atoms with Crippen molar-refractivity contribution >= 4 is 58.7 Å². The van der Waals surface area contributed by atoms with Crippen LogP contribution in [0.1, 0.15) is 30.0 Å². The molecular weight excluding hydrogens is 409 g/mol. The molecule has 1 aliphatic carbocycles. The van der Waals surface area contributed by atoms with Crippen LogP contribution in [-0.2, 0) is 20.7 Å². The van der Waals surface area contributed by atoms with Crippen molar-refractivity contribution in [1.82, 2.24) is 4.57 Å². The Bertz CT molecular complexity index is 1020. The molecule has 9 nitrogen and oxygen atoms in total. The summed E-state index contributed by atoms with van der Waals surface area (Å²) < 4.78 is 29.7. The van der Waals surface area contributed by atoms with Crippen LogP contribution >= 0.6 is 0 Å². The third-order valence-electron chi connectivity index (χ3n) is 4.71. The molecule has 1 aliphatic heterocycles. The van der Waals surface area contributed by atoms with E-state index in [9.17, 15) is 23.6 Å². The number of hydrogen-bond donors (Lipinski definition) is 2. The van der Waals surface area contributed by atoms with Gasteiger partial charge in [-0.3, -0.25) is 14.2 Å². The molecule has 3 N–H and O–H groups in total. The fourth-order valence-corrected chi connectivity index (χ4v) is 4.39. The normalized spacial score (nSPS) is 21.1. The van der Waals surface area contributed by atoms with Gasteiger partial charge in [0.25, 0.3) is 0 Å². The summed E-state index contributed by atoms with van der Waals surface area (Å²) in [7, 11) is 0. The minimum absolute atomic E-state index is 0. The number of nitrogens with two attached hydrogens (primary N) is 1. The van der Waals surface area contributed by atoms with Crippen molar-refractivity contribution in [3.63, 3.8) is 0 Å². The van der Waals surface area contributed by atoms with Crippen molar-refractivity contribution < 1.29 is 27.8 Å². The first kappa shape index (κ1) is 23.3. The van der Waals surface area contributed by atoms with Crippen molar-refractivity contribution in [3.8, 4) is 5.88 Å². The monoisotopic (exact) mass is 429 g/mol. The van der Waals surface area contributed by atoms with Gasteiger partial charge in [-0.05, 0) is 25.0 Å². The molecule has 0 radical (unpaired) electrons. The molecule has 3 atom stereocenters. The number of aryl methyl sites for hydroxylation is 1. The number of ether oxygens (including phenoxy) is 1. The van der Waals surface area contributed by atoms with E-state index in [4.69, 9.17) is 10.5 Å². The predicted octanol–water partition coefficient (Wildman–Crippen LogP) is 0.608. The Hall–Kier alpha value is -1.98. The number of allylic oxidation sites excluding steroid dienone is 3. The molecule has 3 unspecified atom stereocenters. The molecule has 11 heteroatoms. The van der Waals surface area contributed by atoms with Gasteiger partial charge in [-0.2, -0.15) is 4.74 Å². The van der Waals surface area contributed by atoms with Gasteiger partial charge in [-0.15, -0.1) is 0 Å². The van der Waals surface area contributed by atoms with Gasteiger partial charge < -0.3 is 20.2 Å². The van der Waals surface area contributed by atoms with Gasteiger partial charge in [-0.1, -0.05) is 12.7 Å². The van der Waals surface area contributed by atoms with Crippen molar-refractivity contribution in [1.29, 1.82) is 0 Å². The number of esters is 1. The number of primary amides is 1. The molecule has 0 saturated carbocycles. The molecule has 29 heavy (non-hydrogen) atoms. The van der Waals surface area contributed by atoms with E-state index in [2.05, 4.69) is 6.58 Å². The third-order valence-corrected chi connectivity index (χ3v) is 5.66. The molecule has 3 rings (SSSR count). The Labute approximate surface area is 191 Å². The van der Waals surface area contributed by atoms with E-state index in [-0.39, 0.29) is 53.1 Å². The van der Waals surface area contributed by atoms with Gasteiger partial charge in [0.2, 0.25) is 18.0 Å². The fraction of sp³-hybridized carbons (Fsp3) is 0.278. The summed E-state index contributed by atoms with van der Waals surface area (Å²) in [6, 6.07) is 1.59. The van der Waals surface area contributed by atoms with E-state index in [1.165, 1.54) is 23.8 Å². The summed E-state index contributed by atoms with van der Waals surface area (Å²) in [6.07, 6.45) is 4.38. The van der Waals surface area contributed by atoms with E-state index in [1.807, 2.05) is 0 Å². The Balaban J connectivity index is 0.00000300. The summed E-state index contributed by atoms with van der Waals surface area (Å²) in [6.45, 7) is 6.53. The average molecular weight is 429 g/mol. The van der Waals surface area contributed by atoms with Gasteiger partial charge in [-0.25, -0.2) is 4.21 Å². The first-order chi connectivity index (χ1) is 13.1. The molecule has 1 aromatic rings. The van der Waals surface area contributed by atoms with E-state index in [0.29, 0.717) is 21.6 Å². The zero-order valence-electron chi connectivity index (χ0n) is 15.2. The van der Waals surface area contributed by atoms with Gasteiger partial charge >= 0.3 is 35.5 Å². The number of hydroxylamine groups is 1. The first-order valence-electron chi connectivity index (χ1n) is 8.32. The van der Waals surface area contributed by atoms with Crippen LogP contribution in [0.3, 0.4) is 0 Å². The van der Waals surface area contributed by atoms with Gasteiger partial charge in [0.1, 0.15) is 5.69 Å². The van der Waals surface area contributed by atoms with Crippen LogP contribution in [0, 0.1) is 18.0 Å². The number of hydrogen-bond acceptors (Lipinski definition) is 5. The molecule has 0 saturated heterocycles. The van der Waals surface area contributed by atoms with Crippen LogP contribution in [0.25, 0.3) is 0 Å². The molecule has 1 amide bonds. The minimum atomic E-state index is -2.44. The maximum atomic E-state index is 12.7. The second kappa shape index (κ2) is 8.80. The molecule has 1 aromatic heterocycles. The summed E-state index contributed by atoms with van der Waals surface area (Å²) in [4.78, 5) is 23.0. The molecule has 0 bridgehead atoms. The van der Waals surface area contributed by atoms with Crippen molar-refractivity contribution in [2.75, 3.05) is 0 Å². The molecular formula is C18H20N3NaO6S. The van der Waals surface area contributed by atoms with Gasteiger partial charge in [0, 0.05) is 24.1 Å². The summed E-state index contributed by atoms with van der Waals surface area (Å²) in [5.41, 5.74) is 6.92. The number of rotatable bonds is 4. The molecule has 0 fully saturated rings. The van der Waals surface area contributed by atoms with E-state index < -0.39 is 34.2 Å². The average Bonchev–Trinajstić information content (AvgIpc) is 2.82. The van der Waals surface area contributed by atoms with Crippen LogP contribution in [-0.4, -0.2) is 65.7 Å². The maximum absolute atomic E-state index is 12.7. The van der Waals surface area contributed by atoms with Crippen molar-refractivity contribution in [2.24, 2.45) is 11.7 Å². The number of carbonyl (C=O) groups excluding carboxylic acids is 2. The topological polar surface area (TPSA) is 138 Å². The number of fused-ring (bicyclic) bond motifs is 2. The summed E-state index contributed by atoms with van der Waals surface area (Å²) in [5.74, 6) is -2.01. The summed E-state index contributed by atoms with van der Waals surface area (Å²) >= 11 is -2.44. The Morgan fingerprint density at radius 3 is 2.66 bits per heavy atom. The second-order valence-corrected chi connectivity index (χ2v) is 7.61. The molecule has 2 aliphatic rings. The van der Waals surface area contributed by atoms with Gasteiger partial charge in [0.15, 0.2) is 22.2 Å². The third kappa shape index (κ3) is 4.31. The number of nitrogens with zero attached hydrogens (tertiary/aromatic N) is 2. The Morgan fingerprint density at radius 2 is 2.10 bits per heavy atom. The van der Waals surface area contributed by atoms with E-state index >= 15 is 0 Å². The standard InChI is InChI=1S/C18H19N3O6S.Na.H/c1-9-6-13-8-20(24)15-5-4-12(10(2)16(19)23)7-14(15)18(28(25)26)21(13)17(9)27-11(3)22;;/h4-6,8,14,18H,2,7H2,1,3H3,(H2,19,23)(H,25,26);;. The van der Waals surface area contributed by atoms with Gasteiger partial charge in [0.05, 0.1) is 5.92 Å². The second-order valence-electron chi connectivity index (χ2n) is 6.58. The van der Waals surface area contributed by atoms with E-state index in [1.54, 1.807) is 19.1 Å². The molecule has 150 valence electrons. The summed E-state index contributed by atoms with van der Waals surface area (Å²) in [5, 5.41) is 11.5. The predicted molar refractivity (Wildman–Crippen MR) is 109 cm³/mol. The number of carbonyl (C=O) groups is 2. The van der Waals surface area contributed by atoms with Crippen LogP contribution < -0.4 is 10.5 Å². The molecule has 0 spiro atoms. The SMILES string of the molecule is C=C(C(N)=O)C1=CC=C2C(C1)C(S(=O)O)n1c(cc(C)c1OC(C)=O)C=[N+]2[O-].[NaH]. The molecule has 0 aromatic carbocycles. The molecule has 2 heterocycles. The number of amides is 1. The van der Waals surface area contributed by atoms with Crippen LogP contribution in [0.2, 0.25) is 0 Å². The Kier molecular flexibility index (Phi) is 7.07.